The van der Waals surface area contributed by atoms with Gasteiger partial charge in [0.25, 0.3) is 11.5 Å². The van der Waals surface area contributed by atoms with Crippen LogP contribution in [0.2, 0.25) is 0 Å². The van der Waals surface area contributed by atoms with E-state index in [1.807, 2.05) is 59.5 Å². The molecule has 0 spiro atoms. The molecule has 298 valence electrons. The third-order valence-electron chi connectivity index (χ3n) is 10.4. The molecule has 1 aliphatic carbocycles. The number of fused-ring (bicyclic) bond motifs is 1. The summed E-state index contributed by atoms with van der Waals surface area (Å²) < 4.78 is 7.14. The molecule has 0 saturated carbocycles. The second-order valence-corrected chi connectivity index (χ2v) is 15.3. The van der Waals surface area contributed by atoms with Crippen LogP contribution in [0.3, 0.4) is 0 Å². The molecule has 0 unspecified atom stereocenters. The highest BCUT2D eigenvalue weighted by atomic mass is 32.1. The number of carbonyl (C=O) groups is 4. The van der Waals surface area contributed by atoms with Gasteiger partial charge >= 0.3 is 5.97 Å². The van der Waals surface area contributed by atoms with Gasteiger partial charge in [-0.2, -0.15) is 27.0 Å². The number of amides is 3. The van der Waals surface area contributed by atoms with Gasteiger partial charge in [-0.05, 0) is 93.0 Å². The zero-order valence-electron chi connectivity index (χ0n) is 32.2. The van der Waals surface area contributed by atoms with Crippen molar-refractivity contribution in [3.8, 4) is 5.75 Å². The third kappa shape index (κ3) is 9.50. The largest absolute Gasteiger partial charge is 0.508 e. The van der Waals surface area contributed by atoms with Crippen LogP contribution in [0.25, 0.3) is 0 Å². The number of pyridine rings is 1. The number of piperidine rings is 1. The monoisotopic (exact) mass is 800 g/mol. The second kappa shape index (κ2) is 18.3. The van der Waals surface area contributed by atoms with Crippen molar-refractivity contribution in [1.82, 2.24) is 20.1 Å². The maximum atomic E-state index is 14.9. The normalized spacial score (nSPS) is 18.6. The Labute approximate surface area is 341 Å². The first-order valence-corrected chi connectivity index (χ1v) is 18.5. The van der Waals surface area contributed by atoms with Crippen molar-refractivity contribution < 1.29 is 29.0 Å². The van der Waals surface area contributed by atoms with E-state index in [0.29, 0.717) is 44.3 Å². The fraction of sp³-hybridized carbons (Fsp3) is 0.372. The van der Waals surface area contributed by atoms with Crippen molar-refractivity contribution in [3.63, 3.8) is 0 Å². The number of ether oxygens (including phenoxy) is 1. The minimum atomic E-state index is -1.21. The van der Waals surface area contributed by atoms with Crippen LogP contribution in [0.1, 0.15) is 85.0 Å². The Balaban J connectivity index is 0.00000348. The van der Waals surface area contributed by atoms with Crippen molar-refractivity contribution in [2.45, 2.75) is 81.9 Å². The molecule has 56 heavy (non-hydrogen) atoms. The van der Waals surface area contributed by atoms with E-state index in [4.69, 9.17) is 4.74 Å². The maximum Gasteiger partial charge on any atom is 0.329 e. The number of benzene rings is 3. The predicted molar refractivity (Wildman–Crippen MR) is 225 cm³/mol. The molecule has 0 radical (unpaired) electrons. The maximum absolute atomic E-state index is 14.9. The number of aryl methyl sites for hydroxylation is 1. The van der Waals surface area contributed by atoms with Gasteiger partial charge in [0.15, 0.2) is 0 Å². The molecule has 4 aromatic rings. The molecule has 3 aromatic carbocycles. The lowest BCUT2D eigenvalue weighted by Crippen LogP contribution is -2.55. The number of phenols is 1. The number of nitrogens with one attached hydrogen (secondary N) is 2. The zero-order chi connectivity index (χ0) is 38.6. The van der Waals surface area contributed by atoms with Gasteiger partial charge < -0.3 is 29.9 Å². The third-order valence-corrected chi connectivity index (χ3v) is 10.4. The molecule has 3 atom stereocenters. The first-order chi connectivity index (χ1) is 25.8. The topological polar surface area (TPSA) is 147 Å². The fourth-order valence-electron chi connectivity index (χ4n) is 7.70. The quantitative estimate of drug-likeness (QED) is 0.203. The number of hydrogen-bond acceptors (Lipinski definition) is 7. The minimum Gasteiger partial charge on any atom is -0.508 e. The van der Waals surface area contributed by atoms with E-state index in [0.717, 1.165) is 16.7 Å². The lowest BCUT2D eigenvalue weighted by Gasteiger charge is -2.43. The number of phenolic OH excluding ortho intramolecular Hbond substituents is 1. The smallest absolute Gasteiger partial charge is 0.329 e. The molecular formula is C43H52N4O7S2. The highest BCUT2D eigenvalue weighted by Crippen LogP contribution is 2.48. The molecule has 3 N–H and O–H groups in total. The van der Waals surface area contributed by atoms with Crippen LogP contribution in [0.5, 0.6) is 5.75 Å². The molecule has 0 bridgehead atoms. The van der Waals surface area contributed by atoms with E-state index in [1.54, 1.807) is 52.2 Å². The number of aromatic nitrogens is 1. The molecular weight excluding hydrogens is 749 g/mol. The molecule has 11 nitrogen and oxygen atoms in total. The summed E-state index contributed by atoms with van der Waals surface area (Å²) in [5.41, 5.74) is 0.664. The van der Waals surface area contributed by atoms with Gasteiger partial charge in [-0.25, -0.2) is 4.79 Å². The molecule has 13 heteroatoms. The average molecular weight is 801 g/mol. The van der Waals surface area contributed by atoms with E-state index in [1.165, 1.54) is 22.8 Å². The van der Waals surface area contributed by atoms with Gasteiger partial charge in [0.2, 0.25) is 11.8 Å². The van der Waals surface area contributed by atoms with Crippen molar-refractivity contribution in [1.29, 1.82) is 0 Å². The van der Waals surface area contributed by atoms with Crippen molar-refractivity contribution >= 4 is 50.7 Å². The molecule has 1 aliphatic heterocycles. The van der Waals surface area contributed by atoms with Crippen LogP contribution in [0, 0.1) is 0 Å². The first kappa shape index (κ1) is 43.7. The van der Waals surface area contributed by atoms with E-state index in [-0.39, 0.29) is 68.1 Å². The number of carbonyl (C=O) groups excluding carboxylic acids is 4. The molecule has 1 saturated heterocycles. The SMILES string of the molecule is Cn1cccc(C(=O)NC2CCN(C(=O)[C@H]3CC[C@@](C(=O)N[C@@H](Cc4ccc(O)cc4)C(=O)OC(C)(C)C)(c4ccccc4)c4ccccc43)CC2)c1=O.S.S. The number of hydrogen-bond donors (Lipinski definition) is 3. The lowest BCUT2D eigenvalue weighted by atomic mass is 9.62. The molecule has 1 aromatic heterocycles. The number of likely N-dealkylation sites (tertiary alicyclic amines) is 1. The summed E-state index contributed by atoms with van der Waals surface area (Å²) >= 11 is 0. The molecule has 2 heterocycles. The average Bonchev–Trinajstić information content (AvgIpc) is 3.15. The van der Waals surface area contributed by atoms with Gasteiger partial charge in [0, 0.05) is 38.8 Å². The van der Waals surface area contributed by atoms with Gasteiger partial charge in [-0.1, -0.05) is 66.7 Å². The van der Waals surface area contributed by atoms with E-state index >= 15 is 0 Å². The van der Waals surface area contributed by atoms with Gasteiger partial charge in [0.1, 0.15) is 23.0 Å². The Morgan fingerprint density at radius 1 is 0.875 bits per heavy atom. The van der Waals surface area contributed by atoms with Crippen LogP contribution in [-0.4, -0.2) is 69.0 Å². The summed E-state index contributed by atoms with van der Waals surface area (Å²) in [6, 6.07) is 25.5. The number of rotatable bonds is 9. The highest BCUT2D eigenvalue weighted by Gasteiger charge is 2.50. The minimum absolute atomic E-state index is 0. The molecule has 6 rings (SSSR count). The molecule has 1 fully saturated rings. The Kier molecular flexibility index (Phi) is 14.3. The Hall–Kier alpha value is -5.01. The number of nitrogens with zero attached hydrogens (tertiary/aromatic N) is 2. The van der Waals surface area contributed by atoms with Crippen molar-refractivity contribution in [2.24, 2.45) is 7.05 Å². The summed E-state index contributed by atoms with van der Waals surface area (Å²) in [5, 5.41) is 15.9. The summed E-state index contributed by atoms with van der Waals surface area (Å²) in [4.78, 5) is 70.1. The van der Waals surface area contributed by atoms with Crippen LogP contribution >= 0.6 is 27.0 Å². The van der Waals surface area contributed by atoms with Gasteiger partial charge in [-0.3, -0.25) is 19.2 Å². The van der Waals surface area contributed by atoms with E-state index < -0.39 is 34.9 Å². The Bertz CT molecular complexity index is 2080. The number of aromatic hydroxyl groups is 1. The first-order valence-electron chi connectivity index (χ1n) is 18.5. The van der Waals surface area contributed by atoms with Crippen LogP contribution in [-0.2, 0) is 38.0 Å². The van der Waals surface area contributed by atoms with Crippen LogP contribution in [0.15, 0.2) is 102 Å². The molecule has 3 amide bonds. The number of esters is 1. The van der Waals surface area contributed by atoms with Gasteiger partial charge in [-0.15, -0.1) is 0 Å². The Morgan fingerprint density at radius 3 is 2.18 bits per heavy atom. The second-order valence-electron chi connectivity index (χ2n) is 15.3. The fourth-order valence-corrected chi connectivity index (χ4v) is 7.70. The summed E-state index contributed by atoms with van der Waals surface area (Å²) in [6.45, 7) is 6.20. The molecule has 2 aliphatic rings. The predicted octanol–water partition coefficient (Wildman–Crippen LogP) is 4.97. The standard InChI is InChI=1S/C43H48N4O7.2H2S/c1-42(2,3)54-40(52)36(27-28-16-18-31(48)19-17-28)45-41(53)43(29-11-6-5-7-12-29)23-20-33(32-13-8-9-15-35(32)43)39(51)47-25-21-30(22-26-47)44-37(49)34-14-10-24-46(4)38(34)50;;/h5-19,24,30,33,36,48H,20-23,25-27H2,1-4H3,(H,44,49)(H,45,53);2*1H2/t33-,36-,43+;;/m0../s1. The zero-order valence-corrected chi connectivity index (χ0v) is 34.2. The van der Waals surface area contributed by atoms with E-state index in [9.17, 15) is 29.1 Å². The highest BCUT2D eigenvalue weighted by molar-refractivity contribution is 7.59. The van der Waals surface area contributed by atoms with Crippen LogP contribution < -0.4 is 16.2 Å². The lowest BCUT2D eigenvalue weighted by molar-refractivity contribution is -0.159. The summed E-state index contributed by atoms with van der Waals surface area (Å²) in [7, 11) is 1.60. The summed E-state index contributed by atoms with van der Waals surface area (Å²) in [5.74, 6) is -1.81. The van der Waals surface area contributed by atoms with E-state index in [2.05, 4.69) is 10.6 Å². The van der Waals surface area contributed by atoms with Crippen molar-refractivity contribution in [2.75, 3.05) is 13.1 Å². The van der Waals surface area contributed by atoms with Gasteiger partial charge in [0.05, 0.1) is 11.3 Å². The Morgan fingerprint density at radius 2 is 1.52 bits per heavy atom. The van der Waals surface area contributed by atoms with Crippen LogP contribution in [0.4, 0.5) is 0 Å². The summed E-state index contributed by atoms with van der Waals surface area (Å²) in [6.07, 6.45) is 3.54. The van der Waals surface area contributed by atoms with Crippen molar-refractivity contribution in [3.05, 3.63) is 135 Å².